The van der Waals surface area contributed by atoms with E-state index in [0.29, 0.717) is 17.3 Å². The smallest absolute Gasteiger partial charge is 0.254 e. The molecule has 0 saturated carbocycles. The molecule has 0 amide bonds. The lowest BCUT2D eigenvalue weighted by Crippen LogP contribution is -2.17. The van der Waals surface area contributed by atoms with Crippen molar-refractivity contribution in [1.29, 1.82) is 0 Å². The summed E-state index contributed by atoms with van der Waals surface area (Å²) in [5.41, 5.74) is 2.39. The van der Waals surface area contributed by atoms with Gasteiger partial charge in [-0.3, -0.25) is 4.57 Å². The number of aromatic nitrogens is 6. The van der Waals surface area contributed by atoms with E-state index in [1.165, 1.54) is 12.1 Å². The van der Waals surface area contributed by atoms with Gasteiger partial charge in [-0.05, 0) is 71.1 Å². The van der Waals surface area contributed by atoms with Crippen molar-refractivity contribution in [2.45, 2.75) is 6.42 Å². The Hall–Kier alpha value is -4.12. The molecule has 11 heteroatoms. The van der Waals surface area contributed by atoms with Crippen molar-refractivity contribution >= 4 is 21.1 Å². The molecule has 0 N–H and O–H groups in total. The zero-order valence-electron chi connectivity index (χ0n) is 17.3. The van der Waals surface area contributed by atoms with E-state index >= 15 is 0 Å². The van der Waals surface area contributed by atoms with Crippen LogP contribution >= 0.6 is 0 Å². The summed E-state index contributed by atoms with van der Waals surface area (Å²) in [5, 5.41) is 11.0. The highest BCUT2D eigenvalue weighted by Crippen LogP contribution is 2.27. The lowest BCUT2D eigenvalue weighted by Gasteiger charge is -2.11. The summed E-state index contributed by atoms with van der Waals surface area (Å²) >= 11 is 0. The fraction of sp³-hybridized carbons (Fsp3) is 0.0909. The number of hydrogen-bond donors (Lipinski definition) is 0. The number of rotatable bonds is 6. The van der Waals surface area contributed by atoms with Gasteiger partial charge in [0, 0.05) is 5.69 Å². The maximum atomic E-state index is 13.1. The number of imidazole rings is 1. The molecule has 5 aromatic rings. The van der Waals surface area contributed by atoms with Gasteiger partial charge in [-0.15, -0.1) is 9.19 Å². The van der Waals surface area contributed by atoms with Crippen LogP contribution in [0.15, 0.2) is 72.8 Å². The molecule has 0 aliphatic heterocycles. The van der Waals surface area contributed by atoms with Crippen LogP contribution in [0.1, 0.15) is 11.6 Å². The van der Waals surface area contributed by atoms with Crippen LogP contribution in [0.4, 0.5) is 4.39 Å². The maximum Gasteiger partial charge on any atom is 0.254 e. The zero-order valence-corrected chi connectivity index (χ0v) is 18.1. The Bertz CT molecular complexity index is 1540. The number of nitrogens with zero attached hydrogens (tertiary/aromatic N) is 6. The van der Waals surface area contributed by atoms with Gasteiger partial charge in [0.25, 0.3) is 10.0 Å². The lowest BCUT2D eigenvalue weighted by molar-refractivity contribution is 0.480. The molecule has 33 heavy (non-hydrogen) atoms. The Morgan fingerprint density at radius 2 is 1.58 bits per heavy atom. The minimum atomic E-state index is -3.65. The zero-order chi connectivity index (χ0) is 23.0. The molecule has 0 spiro atoms. The van der Waals surface area contributed by atoms with E-state index in [-0.39, 0.29) is 18.1 Å². The van der Waals surface area contributed by atoms with E-state index in [2.05, 4.69) is 20.5 Å². The number of halogens is 1. The summed E-state index contributed by atoms with van der Waals surface area (Å²) in [4.78, 5) is 4.68. The lowest BCUT2D eigenvalue weighted by atomic mass is 10.2. The van der Waals surface area contributed by atoms with E-state index in [9.17, 15) is 12.8 Å². The van der Waals surface area contributed by atoms with Gasteiger partial charge in [0.15, 0.2) is 5.82 Å². The Balaban J connectivity index is 1.52. The monoisotopic (exact) mass is 464 g/mol. The van der Waals surface area contributed by atoms with Gasteiger partial charge in [-0.1, -0.05) is 12.1 Å². The standard InChI is InChI=1S/C22H17FN6O3S/c1-33(30,31)29-22(25-26-27-29)14-21-24-19-4-2-3-5-20(19)28(21)16-8-12-18(13-9-16)32-17-10-6-15(23)7-11-17/h2-13H,14H2,1H3. The Morgan fingerprint density at radius 1 is 0.909 bits per heavy atom. The van der Waals surface area contributed by atoms with E-state index in [0.717, 1.165) is 27.1 Å². The van der Waals surface area contributed by atoms with Crippen LogP contribution in [0.25, 0.3) is 16.7 Å². The van der Waals surface area contributed by atoms with E-state index in [1.54, 1.807) is 24.3 Å². The van der Waals surface area contributed by atoms with Gasteiger partial charge < -0.3 is 4.74 Å². The molecule has 0 saturated heterocycles. The predicted molar refractivity (Wildman–Crippen MR) is 118 cm³/mol. The van der Waals surface area contributed by atoms with Gasteiger partial charge in [-0.25, -0.2) is 17.8 Å². The quantitative estimate of drug-likeness (QED) is 0.380. The Morgan fingerprint density at radius 3 is 2.27 bits per heavy atom. The average Bonchev–Trinajstić information content (AvgIpc) is 3.40. The van der Waals surface area contributed by atoms with Crippen LogP contribution in [-0.2, 0) is 16.4 Å². The van der Waals surface area contributed by atoms with Crippen molar-refractivity contribution in [3.63, 3.8) is 0 Å². The Kier molecular flexibility index (Phi) is 5.09. The molecule has 166 valence electrons. The van der Waals surface area contributed by atoms with Crippen LogP contribution in [0, 0.1) is 5.82 Å². The van der Waals surface area contributed by atoms with Crippen molar-refractivity contribution in [2.24, 2.45) is 0 Å². The molecular formula is C22H17FN6O3S. The third-order valence-corrected chi connectivity index (χ3v) is 5.82. The van der Waals surface area contributed by atoms with E-state index < -0.39 is 10.0 Å². The van der Waals surface area contributed by atoms with Gasteiger partial charge in [-0.2, -0.15) is 0 Å². The van der Waals surface area contributed by atoms with Crippen LogP contribution in [-0.4, -0.2) is 43.8 Å². The molecule has 0 fully saturated rings. The van der Waals surface area contributed by atoms with Gasteiger partial charge in [0.05, 0.1) is 23.7 Å². The van der Waals surface area contributed by atoms with E-state index in [1.807, 2.05) is 41.0 Å². The molecule has 0 atom stereocenters. The molecule has 0 aliphatic rings. The van der Waals surface area contributed by atoms with Gasteiger partial charge in [0.2, 0.25) is 0 Å². The van der Waals surface area contributed by atoms with Crippen LogP contribution in [0.2, 0.25) is 0 Å². The largest absolute Gasteiger partial charge is 0.457 e. The van der Waals surface area contributed by atoms with Crippen LogP contribution in [0.5, 0.6) is 11.5 Å². The fourth-order valence-corrected chi connectivity index (χ4v) is 4.13. The molecule has 0 unspecified atom stereocenters. The second-order valence-corrected chi connectivity index (χ2v) is 9.09. The highest BCUT2D eigenvalue weighted by molar-refractivity contribution is 7.89. The summed E-state index contributed by atoms with van der Waals surface area (Å²) in [5.74, 6) is 1.50. The minimum absolute atomic E-state index is 0.0998. The third kappa shape index (κ3) is 4.17. The van der Waals surface area contributed by atoms with Crippen molar-refractivity contribution in [3.8, 4) is 17.2 Å². The number of para-hydroxylation sites is 2. The predicted octanol–water partition coefficient (Wildman–Crippen LogP) is 3.34. The van der Waals surface area contributed by atoms with Crippen molar-refractivity contribution < 1.29 is 17.5 Å². The molecular weight excluding hydrogens is 447 g/mol. The molecule has 0 bridgehead atoms. The van der Waals surface area contributed by atoms with Crippen molar-refractivity contribution in [3.05, 3.63) is 90.3 Å². The summed E-state index contributed by atoms with van der Waals surface area (Å²) in [7, 11) is -3.65. The average molecular weight is 464 g/mol. The first kappa shape index (κ1) is 20.8. The number of benzene rings is 3. The molecule has 3 aromatic carbocycles. The van der Waals surface area contributed by atoms with Gasteiger partial charge in [0.1, 0.15) is 23.1 Å². The topological polar surface area (TPSA) is 105 Å². The summed E-state index contributed by atoms with van der Waals surface area (Å²) in [6.45, 7) is 0. The first-order valence-corrected chi connectivity index (χ1v) is 11.7. The fourth-order valence-electron chi connectivity index (χ4n) is 3.48. The molecule has 2 heterocycles. The first-order valence-electron chi connectivity index (χ1n) is 9.86. The van der Waals surface area contributed by atoms with Crippen molar-refractivity contribution in [2.75, 3.05) is 6.26 Å². The number of hydrogen-bond acceptors (Lipinski definition) is 7. The van der Waals surface area contributed by atoms with E-state index in [4.69, 9.17) is 4.74 Å². The molecule has 0 radical (unpaired) electrons. The normalized spacial score (nSPS) is 11.7. The second kappa shape index (κ2) is 8.10. The van der Waals surface area contributed by atoms with Crippen LogP contribution < -0.4 is 4.74 Å². The SMILES string of the molecule is CS(=O)(=O)n1nnnc1Cc1nc2ccccc2n1-c1ccc(Oc2ccc(F)cc2)cc1. The van der Waals surface area contributed by atoms with Crippen LogP contribution in [0.3, 0.4) is 0 Å². The summed E-state index contributed by atoms with van der Waals surface area (Å²) in [6, 6.07) is 20.6. The summed E-state index contributed by atoms with van der Waals surface area (Å²) in [6.07, 6.45) is 1.14. The molecule has 5 rings (SSSR count). The molecule has 0 aliphatic carbocycles. The number of tetrazole rings is 1. The van der Waals surface area contributed by atoms with Gasteiger partial charge >= 0.3 is 0 Å². The number of fused-ring (bicyclic) bond motifs is 1. The maximum absolute atomic E-state index is 13.1. The first-order chi connectivity index (χ1) is 15.9. The van der Waals surface area contributed by atoms with Crippen molar-refractivity contribution in [1.82, 2.24) is 29.2 Å². The third-order valence-electron chi connectivity index (χ3n) is 4.91. The minimum Gasteiger partial charge on any atom is -0.457 e. The Labute approximate surface area is 188 Å². The summed E-state index contributed by atoms with van der Waals surface area (Å²) < 4.78 is 45.6. The molecule has 9 nitrogen and oxygen atoms in total. The highest BCUT2D eigenvalue weighted by Gasteiger charge is 2.20. The highest BCUT2D eigenvalue weighted by atomic mass is 32.2. The second-order valence-electron chi connectivity index (χ2n) is 7.28. The number of ether oxygens (including phenoxy) is 1. The molecule has 2 aromatic heterocycles.